The van der Waals surface area contributed by atoms with Gasteiger partial charge in [-0.3, -0.25) is 4.79 Å². The number of fused-ring (bicyclic) bond motifs is 2. The van der Waals surface area contributed by atoms with Crippen LogP contribution >= 0.6 is 0 Å². The van der Waals surface area contributed by atoms with Gasteiger partial charge in [0, 0.05) is 48.2 Å². The van der Waals surface area contributed by atoms with Crippen molar-refractivity contribution >= 4 is 39.8 Å². The van der Waals surface area contributed by atoms with Crippen molar-refractivity contribution in [3.8, 4) is 17.0 Å². The maximum atomic E-state index is 15.5. The molecule has 0 radical (unpaired) electrons. The number of hydrogen-bond acceptors (Lipinski definition) is 8. The van der Waals surface area contributed by atoms with Crippen molar-refractivity contribution in [2.75, 3.05) is 36.6 Å². The van der Waals surface area contributed by atoms with Crippen LogP contribution in [0.4, 0.5) is 27.4 Å². The molecule has 9 nitrogen and oxygen atoms in total. The molecule has 39 heavy (non-hydrogen) atoms. The van der Waals surface area contributed by atoms with E-state index in [4.69, 9.17) is 10.5 Å². The Morgan fingerprint density at radius 2 is 1.90 bits per heavy atom. The van der Waals surface area contributed by atoms with Crippen molar-refractivity contribution in [2.45, 2.75) is 38.0 Å². The lowest BCUT2D eigenvalue weighted by Gasteiger charge is -2.27. The van der Waals surface area contributed by atoms with Crippen LogP contribution in [-0.4, -0.2) is 41.1 Å². The number of pyridine rings is 1. The number of hydrogen-bond donors (Lipinski definition) is 4. The third-order valence-electron chi connectivity index (χ3n) is 7.91. The van der Waals surface area contributed by atoms with Crippen LogP contribution in [0.2, 0.25) is 0 Å². The standard InChI is InChI=1S/C29H30FN7O2/c1-16-20(14-34-26-25(16)33-11-12-39-26)19-13-22-21(24(31)23(19)30)15-35-28(37-22)36-18-7-5-17(6-8-18)29(27(38)32-2)9-3-4-10-29/h5-8,13-15,33H,3-4,9-12,31H2,1-2H3,(H,32,38)(H,35,36,37). The predicted octanol–water partition coefficient (Wildman–Crippen LogP) is 4.83. The van der Waals surface area contributed by atoms with Crippen LogP contribution in [0.25, 0.3) is 22.0 Å². The Balaban J connectivity index is 1.32. The van der Waals surface area contributed by atoms with Crippen LogP contribution in [0, 0.1) is 12.7 Å². The molecule has 2 aromatic heterocycles. The normalized spacial score (nSPS) is 15.8. The maximum Gasteiger partial charge on any atom is 0.237 e. The number of likely N-dealkylation sites (N-methyl/N-ethyl adjacent to an activating group) is 1. The SMILES string of the molecule is CNC(=O)C1(c2ccc(Nc3ncc4c(N)c(F)c(-c5cnc6c(c5C)NCCO6)cc4n3)cc2)CCCC1. The summed E-state index contributed by atoms with van der Waals surface area (Å²) >= 11 is 0. The molecule has 0 spiro atoms. The Bertz CT molecular complexity index is 1580. The molecule has 2 aliphatic rings. The lowest BCUT2D eigenvalue weighted by molar-refractivity contribution is -0.126. The minimum absolute atomic E-state index is 0.0178. The first-order valence-electron chi connectivity index (χ1n) is 13.1. The number of nitrogens with zero attached hydrogens (tertiary/aromatic N) is 3. The molecule has 1 aliphatic heterocycles. The van der Waals surface area contributed by atoms with E-state index in [0.717, 1.165) is 48.2 Å². The van der Waals surface area contributed by atoms with Gasteiger partial charge in [0.1, 0.15) is 12.3 Å². The van der Waals surface area contributed by atoms with Crippen molar-refractivity contribution in [1.82, 2.24) is 20.3 Å². The summed E-state index contributed by atoms with van der Waals surface area (Å²) in [7, 11) is 1.69. The van der Waals surface area contributed by atoms with Gasteiger partial charge in [-0.05, 0) is 49.1 Å². The fourth-order valence-corrected chi connectivity index (χ4v) is 5.79. The molecule has 4 aromatic rings. The third-order valence-corrected chi connectivity index (χ3v) is 7.91. The van der Waals surface area contributed by atoms with E-state index in [-0.39, 0.29) is 11.6 Å². The quantitative estimate of drug-likeness (QED) is 0.272. The van der Waals surface area contributed by atoms with Gasteiger partial charge in [0.25, 0.3) is 0 Å². The number of rotatable bonds is 5. The number of carbonyl (C=O) groups excluding carboxylic acids is 1. The fraction of sp³-hybridized carbons (Fsp3) is 0.310. The van der Waals surface area contributed by atoms with Gasteiger partial charge in [-0.1, -0.05) is 25.0 Å². The molecule has 200 valence electrons. The molecule has 2 aromatic carbocycles. The number of amides is 1. The van der Waals surface area contributed by atoms with Gasteiger partial charge in [-0.25, -0.2) is 19.3 Å². The highest BCUT2D eigenvalue weighted by atomic mass is 19.1. The first kappa shape index (κ1) is 24.8. The van der Waals surface area contributed by atoms with E-state index in [2.05, 4.69) is 30.9 Å². The van der Waals surface area contributed by atoms with E-state index in [1.807, 2.05) is 31.2 Å². The third kappa shape index (κ3) is 4.16. The van der Waals surface area contributed by atoms with Crippen molar-refractivity contribution in [1.29, 1.82) is 0 Å². The number of nitrogens with two attached hydrogens (primary N) is 1. The zero-order valence-electron chi connectivity index (χ0n) is 21.9. The molecule has 1 fully saturated rings. The van der Waals surface area contributed by atoms with Crippen molar-refractivity contribution < 1.29 is 13.9 Å². The fourth-order valence-electron chi connectivity index (χ4n) is 5.79. The molecule has 6 rings (SSSR count). The van der Waals surface area contributed by atoms with Gasteiger partial charge in [-0.2, -0.15) is 0 Å². The molecule has 5 N–H and O–H groups in total. The Hall–Kier alpha value is -4.47. The lowest BCUT2D eigenvalue weighted by atomic mass is 9.78. The summed E-state index contributed by atoms with van der Waals surface area (Å²) in [6.07, 6.45) is 6.88. The highest BCUT2D eigenvalue weighted by molar-refractivity contribution is 5.96. The van der Waals surface area contributed by atoms with Crippen LogP contribution in [0.15, 0.2) is 42.7 Å². The lowest BCUT2D eigenvalue weighted by Crippen LogP contribution is -2.40. The Kier molecular flexibility index (Phi) is 6.17. The second-order valence-corrected chi connectivity index (χ2v) is 10.1. The topological polar surface area (TPSA) is 127 Å². The van der Waals surface area contributed by atoms with Gasteiger partial charge in [0.05, 0.1) is 16.6 Å². The van der Waals surface area contributed by atoms with Gasteiger partial charge in [-0.15, -0.1) is 0 Å². The highest BCUT2D eigenvalue weighted by Crippen LogP contribution is 2.42. The van der Waals surface area contributed by atoms with Crippen molar-refractivity contribution in [3.63, 3.8) is 0 Å². The largest absolute Gasteiger partial charge is 0.474 e. The molecular formula is C29H30FN7O2. The van der Waals surface area contributed by atoms with E-state index >= 15 is 4.39 Å². The van der Waals surface area contributed by atoms with Crippen LogP contribution < -0.4 is 26.4 Å². The number of nitrogen functional groups attached to an aromatic ring is 1. The van der Waals surface area contributed by atoms with Crippen LogP contribution in [0.1, 0.15) is 36.8 Å². The Labute approximate surface area is 225 Å². The number of anilines is 4. The molecule has 0 saturated heterocycles. The monoisotopic (exact) mass is 527 g/mol. The van der Waals surface area contributed by atoms with Gasteiger partial charge < -0.3 is 26.4 Å². The van der Waals surface area contributed by atoms with Crippen LogP contribution in [-0.2, 0) is 10.2 Å². The molecular weight excluding hydrogens is 497 g/mol. The average molecular weight is 528 g/mol. The second kappa shape index (κ2) is 9.68. The minimum Gasteiger partial charge on any atom is -0.474 e. The average Bonchev–Trinajstić information content (AvgIpc) is 3.47. The first-order chi connectivity index (χ1) is 18.9. The minimum atomic E-state index is -0.541. The summed E-state index contributed by atoms with van der Waals surface area (Å²) in [6.45, 7) is 3.07. The molecule has 0 unspecified atom stereocenters. The smallest absolute Gasteiger partial charge is 0.237 e. The molecule has 1 aliphatic carbocycles. The first-order valence-corrected chi connectivity index (χ1v) is 13.1. The Morgan fingerprint density at radius 1 is 1.13 bits per heavy atom. The summed E-state index contributed by atoms with van der Waals surface area (Å²) in [6, 6.07) is 9.49. The molecule has 1 saturated carbocycles. The van der Waals surface area contributed by atoms with E-state index in [0.29, 0.717) is 47.0 Å². The summed E-state index contributed by atoms with van der Waals surface area (Å²) in [5, 5.41) is 9.76. The number of aromatic nitrogens is 3. The maximum absolute atomic E-state index is 15.5. The summed E-state index contributed by atoms with van der Waals surface area (Å²) in [5.41, 5.74) is 10.5. The predicted molar refractivity (Wildman–Crippen MR) is 150 cm³/mol. The van der Waals surface area contributed by atoms with Crippen LogP contribution in [0.3, 0.4) is 0 Å². The van der Waals surface area contributed by atoms with Crippen LogP contribution in [0.5, 0.6) is 5.88 Å². The van der Waals surface area contributed by atoms with E-state index in [1.54, 1.807) is 19.3 Å². The van der Waals surface area contributed by atoms with Gasteiger partial charge in [0.2, 0.25) is 17.7 Å². The number of benzene rings is 2. The number of ether oxygens (including phenoxy) is 1. The number of nitrogens with one attached hydrogen (secondary N) is 3. The summed E-state index contributed by atoms with van der Waals surface area (Å²) < 4.78 is 21.1. The van der Waals surface area contributed by atoms with Gasteiger partial charge >= 0.3 is 0 Å². The van der Waals surface area contributed by atoms with E-state index < -0.39 is 11.2 Å². The van der Waals surface area contributed by atoms with Crippen molar-refractivity contribution in [3.05, 3.63) is 59.7 Å². The second-order valence-electron chi connectivity index (χ2n) is 10.1. The Morgan fingerprint density at radius 3 is 2.64 bits per heavy atom. The molecule has 1 amide bonds. The number of carbonyl (C=O) groups is 1. The molecule has 3 heterocycles. The molecule has 10 heteroatoms. The van der Waals surface area contributed by atoms with Crippen molar-refractivity contribution in [2.24, 2.45) is 0 Å². The summed E-state index contributed by atoms with van der Waals surface area (Å²) in [4.78, 5) is 26.1. The van der Waals surface area contributed by atoms with Gasteiger partial charge in [0.15, 0.2) is 5.82 Å². The molecule has 0 atom stereocenters. The number of halogens is 1. The summed E-state index contributed by atoms with van der Waals surface area (Å²) in [5.74, 6) is 0.378. The zero-order valence-corrected chi connectivity index (χ0v) is 21.9. The van der Waals surface area contributed by atoms with E-state index in [1.165, 1.54) is 6.20 Å². The zero-order chi connectivity index (χ0) is 27.1. The highest BCUT2D eigenvalue weighted by Gasteiger charge is 2.42. The molecule has 0 bridgehead atoms. The van der Waals surface area contributed by atoms with E-state index in [9.17, 15) is 4.79 Å².